The van der Waals surface area contributed by atoms with Gasteiger partial charge in [-0.05, 0) is 61.5 Å². The summed E-state index contributed by atoms with van der Waals surface area (Å²) in [5, 5.41) is 6.44. The van der Waals surface area contributed by atoms with E-state index in [1.165, 1.54) is 12.1 Å². The second kappa shape index (κ2) is 8.79. The van der Waals surface area contributed by atoms with Crippen molar-refractivity contribution >= 4 is 51.7 Å². The number of hydrogen-bond acceptors (Lipinski definition) is 3. The molecule has 1 heterocycles. The van der Waals surface area contributed by atoms with Gasteiger partial charge in [0, 0.05) is 26.9 Å². The van der Waals surface area contributed by atoms with Crippen LogP contribution in [0.5, 0.6) is 0 Å². The molecule has 4 rings (SSSR count). The molecule has 0 aliphatic carbocycles. The Morgan fingerprint density at radius 2 is 1.58 bits per heavy atom. The van der Waals surface area contributed by atoms with E-state index in [0.717, 1.165) is 11.0 Å². The molecule has 0 fully saturated rings. The van der Waals surface area contributed by atoms with E-state index in [-0.39, 0.29) is 17.9 Å². The molecule has 4 aromatic rings. The Hall–Kier alpha value is -3.35. The lowest BCUT2D eigenvalue weighted by atomic mass is 10.1. The van der Waals surface area contributed by atoms with Gasteiger partial charge >= 0.3 is 0 Å². The van der Waals surface area contributed by atoms with Crippen LogP contribution < -0.4 is 10.6 Å². The van der Waals surface area contributed by atoms with Crippen LogP contribution in [0.25, 0.3) is 11.0 Å². The van der Waals surface area contributed by atoms with Gasteiger partial charge in [0.05, 0.1) is 17.1 Å². The van der Waals surface area contributed by atoms with Gasteiger partial charge in [0.15, 0.2) is 0 Å². The van der Waals surface area contributed by atoms with Crippen LogP contribution in [0.15, 0.2) is 66.7 Å². The topological polar surface area (TPSA) is 86.9 Å². The molecule has 0 saturated heterocycles. The first-order chi connectivity index (χ1) is 14.9. The molecule has 0 bridgehead atoms. The fraction of sp³-hybridized carbons (Fsp3) is 0.0870. The van der Waals surface area contributed by atoms with Gasteiger partial charge in [-0.3, -0.25) is 9.59 Å². The number of nitrogens with zero attached hydrogens (tertiary/aromatic N) is 1. The number of para-hydroxylation sites is 2. The largest absolute Gasteiger partial charge is 0.342 e. The molecule has 0 saturated carbocycles. The van der Waals surface area contributed by atoms with Gasteiger partial charge in [0.25, 0.3) is 11.8 Å². The quantitative estimate of drug-likeness (QED) is 0.367. The van der Waals surface area contributed by atoms with E-state index in [0.29, 0.717) is 32.7 Å². The molecule has 1 unspecified atom stereocenters. The van der Waals surface area contributed by atoms with E-state index >= 15 is 0 Å². The van der Waals surface area contributed by atoms with Crippen molar-refractivity contribution in [1.29, 1.82) is 0 Å². The number of anilines is 1. The molecule has 3 N–H and O–H groups in total. The van der Waals surface area contributed by atoms with Crippen molar-refractivity contribution in [3.63, 3.8) is 0 Å². The van der Waals surface area contributed by atoms with Gasteiger partial charge in [0.1, 0.15) is 5.82 Å². The Bertz CT molecular complexity index is 1220. The fourth-order valence-electron chi connectivity index (χ4n) is 3.12. The maximum Gasteiger partial charge on any atom is 0.255 e. The van der Waals surface area contributed by atoms with E-state index in [9.17, 15) is 9.59 Å². The van der Waals surface area contributed by atoms with Gasteiger partial charge in [-0.2, -0.15) is 0 Å². The highest BCUT2D eigenvalue weighted by atomic mass is 35.5. The number of amides is 2. The molecule has 0 aliphatic rings. The zero-order chi connectivity index (χ0) is 22.0. The number of rotatable bonds is 5. The van der Waals surface area contributed by atoms with Crippen LogP contribution in [0.3, 0.4) is 0 Å². The number of aromatic nitrogens is 2. The number of fused-ring (bicyclic) bond motifs is 1. The summed E-state index contributed by atoms with van der Waals surface area (Å²) < 4.78 is 0. The first kappa shape index (κ1) is 20.9. The molecule has 1 atom stereocenters. The zero-order valence-corrected chi connectivity index (χ0v) is 18.0. The van der Waals surface area contributed by atoms with E-state index < -0.39 is 0 Å². The average molecular weight is 453 g/mol. The number of H-pyrrole nitrogens is 1. The van der Waals surface area contributed by atoms with Crippen molar-refractivity contribution in [1.82, 2.24) is 15.3 Å². The second-order valence-corrected chi connectivity index (χ2v) is 7.90. The first-order valence-corrected chi connectivity index (χ1v) is 10.3. The Kier molecular flexibility index (Phi) is 5.93. The molecule has 0 radical (unpaired) electrons. The minimum Gasteiger partial charge on any atom is -0.342 e. The summed E-state index contributed by atoms with van der Waals surface area (Å²) in [4.78, 5) is 32.7. The summed E-state index contributed by atoms with van der Waals surface area (Å²) >= 11 is 11.9. The van der Waals surface area contributed by atoms with Gasteiger partial charge in [-0.1, -0.05) is 35.3 Å². The van der Waals surface area contributed by atoms with Crippen LogP contribution in [-0.4, -0.2) is 21.8 Å². The molecular weight excluding hydrogens is 435 g/mol. The van der Waals surface area contributed by atoms with Crippen molar-refractivity contribution in [2.75, 3.05) is 5.32 Å². The minimum atomic E-state index is -0.347. The zero-order valence-electron chi connectivity index (χ0n) is 16.4. The number of aromatic amines is 1. The number of hydrogen-bond donors (Lipinski definition) is 3. The summed E-state index contributed by atoms with van der Waals surface area (Å²) in [5.41, 5.74) is 3.12. The molecular formula is C23H18Cl2N4O2. The van der Waals surface area contributed by atoms with Gasteiger partial charge in [-0.25, -0.2) is 4.98 Å². The van der Waals surface area contributed by atoms with Crippen LogP contribution >= 0.6 is 23.2 Å². The summed E-state index contributed by atoms with van der Waals surface area (Å²) in [6.45, 7) is 1.86. The molecule has 156 valence electrons. The first-order valence-electron chi connectivity index (χ1n) is 9.52. The fourth-order valence-corrected chi connectivity index (χ4v) is 3.65. The van der Waals surface area contributed by atoms with E-state index in [4.69, 9.17) is 23.2 Å². The van der Waals surface area contributed by atoms with Crippen LogP contribution in [0.1, 0.15) is 39.5 Å². The Morgan fingerprint density at radius 1 is 0.903 bits per heavy atom. The maximum atomic E-state index is 12.6. The van der Waals surface area contributed by atoms with Crippen LogP contribution in [0.4, 0.5) is 5.69 Å². The number of carbonyl (C=O) groups excluding carboxylic acids is 2. The average Bonchev–Trinajstić information content (AvgIpc) is 3.18. The smallest absolute Gasteiger partial charge is 0.255 e. The highest BCUT2D eigenvalue weighted by Gasteiger charge is 2.15. The summed E-state index contributed by atoms with van der Waals surface area (Å²) in [7, 11) is 0. The number of halogens is 2. The second-order valence-electron chi connectivity index (χ2n) is 7.02. The van der Waals surface area contributed by atoms with Crippen molar-refractivity contribution in [2.24, 2.45) is 0 Å². The third kappa shape index (κ3) is 4.87. The number of nitrogens with one attached hydrogen (secondary N) is 3. The van der Waals surface area contributed by atoms with Crippen molar-refractivity contribution in [3.8, 4) is 0 Å². The standard InChI is InChI=1S/C23H18Cl2N4O2/c1-13(21-28-19-4-2-3-5-20(19)29-21)26-22(30)14-6-8-18(9-7-14)27-23(31)15-10-16(24)12-17(25)11-15/h2-13H,1H3,(H,26,30)(H,27,31)(H,28,29). The van der Waals surface area contributed by atoms with Crippen molar-refractivity contribution in [3.05, 3.63) is 93.7 Å². The van der Waals surface area contributed by atoms with Crippen molar-refractivity contribution in [2.45, 2.75) is 13.0 Å². The third-order valence-corrected chi connectivity index (χ3v) is 5.13. The van der Waals surface area contributed by atoms with Gasteiger partial charge in [0.2, 0.25) is 0 Å². The van der Waals surface area contributed by atoms with E-state index in [2.05, 4.69) is 20.6 Å². The minimum absolute atomic E-state index is 0.243. The Morgan fingerprint density at radius 3 is 2.26 bits per heavy atom. The Balaban J connectivity index is 1.41. The Labute approximate surface area is 188 Å². The SMILES string of the molecule is CC(NC(=O)c1ccc(NC(=O)c2cc(Cl)cc(Cl)c2)cc1)c1nc2ccccc2[nH]1. The number of imidazole rings is 1. The molecule has 3 aromatic carbocycles. The normalized spacial score (nSPS) is 11.8. The highest BCUT2D eigenvalue weighted by Crippen LogP contribution is 2.21. The van der Waals surface area contributed by atoms with Gasteiger partial charge in [-0.15, -0.1) is 0 Å². The van der Waals surface area contributed by atoms with Gasteiger partial charge < -0.3 is 15.6 Å². The summed E-state index contributed by atoms with van der Waals surface area (Å²) in [5.74, 6) is 0.0891. The number of carbonyl (C=O) groups is 2. The molecule has 31 heavy (non-hydrogen) atoms. The predicted molar refractivity (Wildman–Crippen MR) is 123 cm³/mol. The molecule has 2 amide bonds. The van der Waals surface area contributed by atoms with Crippen LogP contribution in [0, 0.1) is 0 Å². The molecule has 6 nitrogen and oxygen atoms in total. The van der Waals surface area contributed by atoms with E-state index in [1.807, 2.05) is 31.2 Å². The number of benzene rings is 3. The molecule has 0 aliphatic heterocycles. The molecule has 8 heteroatoms. The maximum absolute atomic E-state index is 12.6. The van der Waals surface area contributed by atoms with Crippen molar-refractivity contribution < 1.29 is 9.59 Å². The summed E-state index contributed by atoms with van der Waals surface area (Å²) in [6, 6.07) is 18.6. The molecule has 1 aromatic heterocycles. The monoisotopic (exact) mass is 452 g/mol. The third-order valence-electron chi connectivity index (χ3n) is 4.70. The molecule has 0 spiro atoms. The summed E-state index contributed by atoms with van der Waals surface area (Å²) in [6.07, 6.45) is 0. The van der Waals surface area contributed by atoms with Crippen LogP contribution in [0.2, 0.25) is 10.0 Å². The lowest BCUT2D eigenvalue weighted by molar-refractivity contribution is 0.0938. The lowest BCUT2D eigenvalue weighted by Crippen LogP contribution is -2.27. The highest BCUT2D eigenvalue weighted by molar-refractivity contribution is 6.35. The van der Waals surface area contributed by atoms with Crippen LogP contribution in [-0.2, 0) is 0 Å². The predicted octanol–water partition coefficient (Wildman–Crippen LogP) is 5.61. The lowest BCUT2D eigenvalue weighted by Gasteiger charge is -2.12. The van der Waals surface area contributed by atoms with E-state index in [1.54, 1.807) is 30.3 Å².